The van der Waals surface area contributed by atoms with Crippen LogP contribution in [-0.4, -0.2) is 57.3 Å². The van der Waals surface area contributed by atoms with E-state index in [1.807, 2.05) is 48.3 Å². The molecule has 0 unspecified atom stereocenters. The van der Waals surface area contributed by atoms with Gasteiger partial charge in [0.15, 0.2) is 23.1 Å². The molecule has 1 aliphatic rings. The maximum atomic E-state index is 13.2. The molecule has 0 atom stereocenters. The van der Waals surface area contributed by atoms with Crippen molar-refractivity contribution < 1.29 is 19.0 Å². The van der Waals surface area contributed by atoms with Crippen molar-refractivity contribution in [3.8, 4) is 17.2 Å². The number of benzene rings is 2. The number of anilines is 2. The zero-order chi connectivity index (χ0) is 22.0. The zero-order valence-electron chi connectivity index (χ0n) is 18.2. The van der Waals surface area contributed by atoms with Gasteiger partial charge in [0.25, 0.3) is 0 Å². The van der Waals surface area contributed by atoms with E-state index in [0.29, 0.717) is 49.0 Å². The van der Waals surface area contributed by atoms with Gasteiger partial charge in [0.05, 0.1) is 32.4 Å². The minimum Gasteiger partial charge on any atom is -0.493 e. The zero-order valence-corrected chi connectivity index (χ0v) is 18.2. The summed E-state index contributed by atoms with van der Waals surface area (Å²) in [7, 11) is 6.70. The average Bonchev–Trinajstić information content (AvgIpc) is 2.81. The molecule has 0 saturated heterocycles. The van der Waals surface area contributed by atoms with Crippen molar-refractivity contribution in [2.75, 3.05) is 51.3 Å². The normalized spacial score (nSPS) is 13.2. The monoisotopic (exact) mass is 422 g/mol. The number of hydrogen-bond donors (Lipinski definition) is 0. The van der Waals surface area contributed by atoms with E-state index in [1.54, 1.807) is 26.2 Å². The summed E-state index contributed by atoms with van der Waals surface area (Å²) in [5, 5.41) is 0. The topological polar surface area (TPSA) is 77.0 Å². The molecule has 8 heteroatoms. The Morgan fingerprint density at radius 1 is 0.935 bits per heavy atom. The largest absolute Gasteiger partial charge is 0.493 e. The number of para-hydroxylation sites is 2. The van der Waals surface area contributed by atoms with Crippen molar-refractivity contribution in [3.63, 3.8) is 0 Å². The van der Waals surface area contributed by atoms with Gasteiger partial charge in [-0.2, -0.15) is 0 Å². The molecule has 3 aromatic rings. The van der Waals surface area contributed by atoms with E-state index in [1.165, 1.54) is 0 Å². The number of likely N-dealkylation sites (N-methyl/N-ethyl adjacent to an activating group) is 1. The highest BCUT2D eigenvalue weighted by Gasteiger charge is 2.28. The number of carbonyl (C=O) groups excluding carboxylic acids is 1. The van der Waals surface area contributed by atoms with Crippen LogP contribution in [0.1, 0.15) is 12.0 Å². The average molecular weight is 422 g/mol. The first-order chi connectivity index (χ1) is 15.0. The van der Waals surface area contributed by atoms with Crippen LogP contribution in [-0.2, 0) is 11.2 Å². The highest BCUT2D eigenvalue weighted by molar-refractivity contribution is 5.97. The summed E-state index contributed by atoms with van der Waals surface area (Å²) in [6.45, 7) is 1.28. The SMILES string of the molecule is COc1cc(CCC(=O)N2CCN(C)c3nc4ccccc4nc32)cc(OC)c1OC. The second kappa shape index (κ2) is 8.67. The molecule has 162 valence electrons. The quantitative estimate of drug-likeness (QED) is 0.604. The van der Waals surface area contributed by atoms with Crippen LogP contribution in [0.2, 0.25) is 0 Å². The third-order valence-corrected chi connectivity index (χ3v) is 5.46. The van der Waals surface area contributed by atoms with E-state index in [9.17, 15) is 4.79 Å². The molecular weight excluding hydrogens is 396 g/mol. The smallest absolute Gasteiger partial charge is 0.228 e. The number of nitrogens with zero attached hydrogens (tertiary/aromatic N) is 4. The van der Waals surface area contributed by atoms with Crippen molar-refractivity contribution in [1.29, 1.82) is 0 Å². The molecule has 2 aromatic carbocycles. The summed E-state index contributed by atoms with van der Waals surface area (Å²) in [6, 6.07) is 11.5. The number of fused-ring (bicyclic) bond motifs is 2. The van der Waals surface area contributed by atoms with Crippen molar-refractivity contribution in [2.45, 2.75) is 12.8 Å². The molecule has 4 rings (SSSR count). The fourth-order valence-corrected chi connectivity index (χ4v) is 3.79. The van der Waals surface area contributed by atoms with E-state index in [0.717, 1.165) is 22.4 Å². The van der Waals surface area contributed by atoms with Crippen LogP contribution in [0.15, 0.2) is 36.4 Å². The first-order valence-corrected chi connectivity index (χ1v) is 10.1. The second-order valence-electron chi connectivity index (χ2n) is 7.36. The summed E-state index contributed by atoms with van der Waals surface area (Å²) < 4.78 is 16.2. The Morgan fingerprint density at radius 3 is 2.13 bits per heavy atom. The van der Waals surface area contributed by atoms with Crippen LogP contribution in [0.4, 0.5) is 11.6 Å². The number of amides is 1. The van der Waals surface area contributed by atoms with Crippen LogP contribution in [0, 0.1) is 0 Å². The fraction of sp³-hybridized carbons (Fsp3) is 0.348. The molecule has 0 radical (unpaired) electrons. The molecule has 2 heterocycles. The Labute approximate surface area is 181 Å². The molecule has 31 heavy (non-hydrogen) atoms. The van der Waals surface area contributed by atoms with E-state index < -0.39 is 0 Å². The predicted octanol–water partition coefficient (Wildman–Crippen LogP) is 3.07. The van der Waals surface area contributed by atoms with E-state index in [-0.39, 0.29) is 5.91 Å². The van der Waals surface area contributed by atoms with E-state index in [2.05, 4.69) is 0 Å². The molecule has 0 saturated carbocycles. The molecule has 0 N–H and O–H groups in total. The molecule has 1 amide bonds. The number of methoxy groups -OCH3 is 3. The number of aryl methyl sites for hydroxylation is 1. The molecule has 1 aromatic heterocycles. The van der Waals surface area contributed by atoms with Crippen molar-refractivity contribution in [3.05, 3.63) is 42.0 Å². The Morgan fingerprint density at radius 2 is 1.55 bits per heavy atom. The number of rotatable bonds is 6. The summed E-state index contributed by atoms with van der Waals surface area (Å²) in [4.78, 5) is 26.4. The van der Waals surface area contributed by atoms with Gasteiger partial charge in [-0.3, -0.25) is 9.69 Å². The van der Waals surface area contributed by atoms with Crippen LogP contribution in [0.3, 0.4) is 0 Å². The van der Waals surface area contributed by atoms with Crippen LogP contribution >= 0.6 is 0 Å². The van der Waals surface area contributed by atoms with Gasteiger partial charge in [-0.25, -0.2) is 9.97 Å². The molecular formula is C23H26N4O4. The Bertz CT molecular complexity index is 1090. The van der Waals surface area contributed by atoms with Crippen molar-refractivity contribution in [2.24, 2.45) is 0 Å². The molecule has 0 fully saturated rings. The first kappa shape index (κ1) is 20.7. The van der Waals surface area contributed by atoms with Gasteiger partial charge < -0.3 is 19.1 Å². The van der Waals surface area contributed by atoms with Gasteiger partial charge in [0.2, 0.25) is 11.7 Å². The molecule has 0 bridgehead atoms. The lowest BCUT2D eigenvalue weighted by atomic mass is 10.1. The minimum absolute atomic E-state index is 0.00711. The highest BCUT2D eigenvalue weighted by atomic mass is 16.5. The van der Waals surface area contributed by atoms with E-state index in [4.69, 9.17) is 24.2 Å². The van der Waals surface area contributed by atoms with Crippen LogP contribution in [0.25, 0.3) is 11.0 Å². The molecule has 0 spiro atoms. The Balaban J connectivity index is 1.58. The van der Waals surface area contributed by atoms with Crippen molar-refractivity contribution in [1.82, 2.24) is 9.97 Å². The predicted molar refractivity (Wildman–Crippen MR) is 120 cm³/mol. The Kier molecular flexibility index (Phi) is 5.79. The number of hydrogen-bond acceptors (Lipinski definition) is 7. The molecule has 0 aliphatic carbocycles. The maximum Gasteiger partial charge on any atom is 0.228 e. The summed E-state index contributed by atoms with van der Waals surface area (Å²) in [6.07, 6.45) is 0.870. The number of carbonyl (C=O) groups is 1. The Hall–Kier alpha value is -3.55. The van der Waals surface area contributed by atoms with Crippen LogP contribution < -0.4 is 24.0 Å². The second-order valence-corrected chi connectivity index (χ2v) is 7.36. The third-order valence-electron chi connectivity index (χ3n) is 5.46. The van der Waals surface area contributed by atoms with Gasteiger partial charge in [0.1, 0.15) is 0 Å². The summed E-state index contributed by atoms with van der Waals surface area (Å²) in [5.41, 5.74) is 2.53. The van der Waals surface area contributed by atoms with Crippen molar-refractivity contribution >= 4 is 28.6 Å². The van der Waals surface area contributed by atoms with Gasteiger partial charge in [-0.15, -0.1) is 0 Å². The lowest BCUT2D eigenvalue weighted by molar-refractivity contribution is -0.118. The summed E-state index contributed by atoms with van der Waals surface area (Å²) in [5.74, 6) is 3.04. The van der Waals surface area contributed by atoms with Gasteiger partial charge in [-0.1, -0.05) is 12.1 Å². The summed E-state index contributed by atoms with van der Waals surface area (Å²) >= 11 is 0. The maximum absolute atomic E-state index is 13.2. The van der Waals surface area contributed by atoms with Gasteiger partial charge >= 0.3 is 0 Å². The highest BCUT2D eigenvalue weighted by Crippen LogP contribution is 2.38. The standard InChI is InChI=1S/C23H26N4O4/c1-26-11-12-27(23-22(26)24-16-7-5-6-8-17(16)25-23)20(28)10-9-15-13-18(29-2)21(31-4)19(14-15)30-3/h5-8,13-14H,9-12H2,1-4H3. The fourth-order valence-electron chi connectivity index (χ4n) is 3.79. The first-order valence-electron chi connectivity index (χ1n) is 10.1. The lowest BCUT2D eigenvalue weighted by Crippen LogP contribution is -2.43. The van der Waals surface area contributed by atoms with Gasteiger partial charge in [0, 0.05) is 26.6 Å². The lowest BCUT2D eigenvalue weighted by Gasteiger charge is -2.33. The van der Waals surface area contributed by atoms with Crippen LogP contribution in [0.5, 0.6) is 17.2 Å². The number of ether oxygens (including phenoxy) is 3. The van der Waals surface area contributed by atoms with E-state index >= 15 is 0 Å². The minimum atomic E-state index is 0.00711. The third kappa shape index (κ3) is 3.93. The molecule has 1 aliphatic heterocycles. The molecule has 8 nitrogen and oxygen atoms in total. The number of aromatic nitrogens is 2. The van der Waals surface area contributed by atoms with Gasteiger partial charge in [-0.05, 0) is 36.2 Å².